The Kier molecular flexibility index (Phi) is 12.6. The molecule has 5 nitrogen and oxygen atoms in total. The molecular weight excluding hydrogens is 965 g/mol. The van der Waals surface area contributed by atoms with Crippen molar-refractivity contribution in [1.82, 2.24) is 19.5 Å². The maximum Gasteiger partial charge on any atom is 0.216 e. The van der Waals surface area contributed by atoms with E-state index in [1.807, 2.05) is 54.6 Å². The number of pyridine rings is 2. The largest absolute Gasteiger partial charge is 0.486 e. The van der Waals surface area contributed by atoms with Gasteiger partial charge in [-0.05, 0) is 95.7 Å². The van der Waals surface area contributed by atoms with Crippen LogP contribution in [0.4, 0.5) is 0 Å². The molecule has 63 heavy (non-hydrogen) atoms. The van der Waals surface area contributed by atoms with Gasteiger partial charge in [0.15, 0.2) is 0 Å². The summed E-state index contributed by atoms with van der Waals surface area (Å²) in [4.78, 5) is 14.7. The molecule has 315 valence electrons. The molecule has 0 aliphatic rings. The van der Waals surface area contributed by atoms with Gasteiger partial charge >= 0.3 is 0 Å². The van der Waals surface area contributed by atoms with Gasteiger partial charge in [0.05, 0.1) is 36.2 Å². The molecule has 0 bridgehead atoms. The molecule has 0 unspecified atom stereocenters. The number of imidazole rings is 1. The molecule has 0 saturated carbocycles. The molecule has 0 N–H and O–H groups in total. The number of benzene rings is 6. The van der Waals surface area contributed by atoms with Gasteiger partial charge in [-0.15, -0.1) is 54.1 Å². The van der Waals surface area contributed by atoms with Crippen molar-refractivity contribution in [3.05, 3.63) is 187 Å². The summed E-state index contributed by atoms with van der Waals surface area (Å²) in [7, 11) is -1.34. The molecule has 0 saturated heterocycles. The van der Waals surface area contributed by atoms with E-state index in [1.54, 1.807) is 0 Å². The molecule has 7 heteroatoms. The Bertz CT molecular complexity index is 3160. The third-order valence-corrected chi connectivity index (χ3v) is 13.5. The first-order chi connectivity index (χ1) is 30.0. The van der Waals surface area contributed by atoms with Gasteiger partial charge in [-0.25, -0.2) is 4.98 Å². The number of aromatic nitrogens is 4. The van der Waals surface area contributed by atoms with Gasteiger partial charge in [0.1, 0.15) is 0 Å². The topological polar surface area (TPSA) is 56.7 Å². The Morgan fingerprint density at radius 2 is 1.33 bits per heavy atom. The van der Waals surface area contributed by atoms with Crippen molar-refractivity contribution in [2.75, 3.05) is 0 Å². The fourth-order valence-corrected chi connectivity index (χ4v) is 10.2. The summed E-state index contributed by atoms with van der Waals surface area (Å²) in [6.07, 6.45) is 3.24. The minimum Gasteiger partial charge on any atom is -0.486 e. The standard InChI is InChI=1S/C38H26N3O.C18H24NSi.Ir/c1-24-22-28(26-12-5-3-6-13-26)23-25(2)35(24)41-34-19-10-9-18-33(34)39-37(41)31-17-11-16-29-30-20-21-32(27-14-7-4-8-15-27)40-38(30)42-36(29)31;1-14(2)11-16-12-17(15-9-7-6-8-10-15)19-13-18(16)20(3,4)5;/h3-16,18-23H,1-2H3;6-9,12-14H,11H2,1-5H3;/q2*-1;. The Balaban J connectivity index is 0.000000219. The SMILES string of the molecule is CC(C)Cc1cc(-c2[c-]cccc2)ncc1[Si](C)(C)C.Cc1cc(-c2ccccc2)cc(C)c1-n1c(-c2[c-]ccc3c2oc2nc(-c4ccccc4)ccc23)nc2ccccc21.[Ir]. The van der Waals surface area contributed by atoms with Crippen LogP contribution < -0.4 is 5.19 Å². The van der Waals surface area contributed by atoms with E-state index in [4.69, 9.17) is 14.4 Å². The first kappa shape index (κ1) is 43.4. The Hall–Kier alpha value is -6.24. The molecule has 0 aliphatic heterocycles. The number of fused-ring (bicyclic) bond motifs is 4. The van der Waals surface area contributed by atoms with Crippen molar-refractivity contribution in [2.45, 2.75) is 53.8 Å². The fourth-order valence-electron chi connectivity index (χ4n) is 8.56. The van der Waals surface area contributed by atoms with Gasteiger partial charge in [-0.1, -0.05) is 129 Å². The summed E-state index contributed by atoms with van der Waals surface area (Å²) in [5.41, 5.74) is 15.5. The van der Waals surface area contributed by atoms with Crippen molar-refractivity contribution in [2.24, 2.45) is 5.92 Å². The van der Waals surface area contributed by atoms with Gasteiger partial charge in [-0.3, -0.25) is 4.98 Å². The first-order valence-electron chi connectivity index (χ1n) is 21.4. The number of rotatable bonds is 8. The average Bonchev–Trinajstić information content (AvgIpc) is 3.85. The van der Waals surface area contributed by atoms with Gasteiger partial charge in [-0.2, -0.15) is 0 Å². The predicted molar refractivity (Wildman–Crippen MR) is 261 cm³/mol. The van der Waals surface area contributed by atoms with Crippen LogP contribution in [-0.4, -0.2) is 27.6 Å². The summed E-state index contributed by atoms with van der Waals surface area (Å²) in [5, 5.41) is 3.46. The number of aryl methyl sites for hydroxylation is 2. The second-order valence-corrected chi connectivity index (χ2v) is 22.6. The smallest absolute Gasteiger partial charge is 0.216 e. The van der Waals surface area contributed by atoms with Gasteiger partial charge in [0.2, 0.25) is 5.71 Å². The zero-order valence-corrected chi connectivity index (χ0v) is 40.2. The average molecular weight is 1020 g/mol. The molecule has 6 aromatic carbocycles. The van der Waals surface area contributed by atoms with Crippen LogP contribution in [0, 0.1) is 31.9 Å². The molecular formula is C56H50IrN4OSi-2. The van der Waals surface area contributed by atoms with E-state index in [2.05, 4.69) is 172 Å². The second kappa shape index (κ2) is 18.2. The molecule has 0 spiro atoms. The van der Waals surface area contributed by atoms with E-state index in [-0.39, 0.29) is 20.1 Å². The van der Waals surface area contributed by atoms with Gasteiger partial charge in [0, 0.05) is 42.9 Å². The molecule has 4 heterocycles. The Labute approximate surface area is 385 Å². The van der Waals surface area contributed by atoms with Crippen molar-refractivity contribution in [3.63, 3.8) is 0 Å². The van der Waals surface area contributed by atoms with Gasteiger partial charge < -0.3 is 14.0 Å². The van der Waals surface area contributed by atoms with Crippen molar-refractivity contribution >= 4 is 46.4 Å². The number of furan rings is 1. The molecule has 10 rings (SSSR count). The fraction of sp³-hybridized carbons (Fsp3) is 0.161. The Morgan fingerprint density at radius 1 is 0.651 bits per heavy atom. The normalized spacial score (nSPS) is 11.5. The molecule has 0 aliphatic carbocycles. The van der Waals surface area contributed by atoms with E-state index in [1.165, 1.54) is 33.0 Å². The minimum atomic E-state index is -1.34. The maximum absolute atomic E-state index is 6.53. The van der Waals surface area contributed by atoms with Crippen LogP contribution in [0.5, 0.6) is 0 Å². The van der Waals surface area contributed by atoms with E-state index in [0.717, 1.165) is 73.4 Å². The zero-order chi connectivity index (χ0) is 43.0. The van der Waals surface area contributed by atoms with Crippen LogP contribution in [0.3, 0.4) is 0 Å². The van der Waals surface area contributed by atoms with Crippen molar-refractivity contribution in [3.8, 4) is 50.7 Å². The van der Waals surface area contributed by atoms with Crippen LogP contribution in [0.1, 0.15) is 30.5 Å². The van der Waals surface area contributed by atoms with Gasteiger partial charge in [0.25, 0.3) is 0 Å². The second-order valence-electron chi connectivity index (χ2n) is 17.5. The summed E-state index contributed by atoms with van der Waals surface area (Å²) >= 11 is 0. The summed E-state index contributed by atoms with van der Waals surface area (Å²) in [5.74, 6) is 1.46. The van der Waals surface area contributed by atoms with Crippen LogP contribution in [0.2, 0.25) is 19.6 Å². The quantitative estimate of drug-likeness (QED) is 0.112. The summed E-state index contributed by atoms with van der Waals surface area (Å²) in [6, 6.07) is 58.7. The number of hydrogen-bond acceptors (Lipinski definition) is 4. The third kappa shape index (κ3) is 8.87. The van der Waals surface area contributed by atoms with E-state index < -0.39 is 8.07 Å². The Morgan fingerprint density at radius 3 is 2.02 bits per heavy atom. The van der Waals surface area contributed by atoms with Crippen LogP contribution >= 0.6 is 0 Å². The molecule has 0 fully saturated rings. The molecule has 0 atom stereocenters. The van der Waals surface area contributed by atoms with E-state index >= 15 is 0 Å². The predicted octanol–water partition coefficient (Wildman–Crippen LogP) is 14.0. The van der Waals surface area contributed by atoms with Crippen LogP contribution in [0.15, 0.2) is 162 Å². The third-order valence-electron chi connectivity index (χ3n) is 11.4. The zero-order valence-electron chi connectivity index (χ0n) is 36.8. The minimum absolute atomic E-state index is 0. The first-order valence-corrected chi connectivity index (χ1v) is 24.9. The molecule has 10 aromatic rings. The van der Waals surface area contributed by atoms with E-state index in [9.17, 15) is 0 Å². The summed E-state index contributed by atoms with van der Waals surface area (Å²) < 4.78 is 8.79. The van der Waals surface area contributed by atoms with Crippen molar-refractivity contribution in [1.29, 1.82) is 0 Å². The molecule has 1 radical (unpaired) electrons. The van der Waals surface area contributed by atoms with E-state index in [0.29, 0.717) is 11.6 Å². The van der Waals surface area contributed by atoms with Crippen molar-refractivity contribution < 1.29 is 24.5 Å². The van der Waals surface area contributed by atoms with Crippen LogP contribution in [0.25, 0.3) is 83.8 Å². The number of nitrogens with zero attached hydrogens (tertiary/aromatic N) is 4. The number of para-hydroxylation sites is 2. The molecule has 0 amide bonds. The maximum atomic E-state index is 6.53. The monoisotopic (exact) mass is 1020 g/mol. The molecule has 4 aromatic heterocycles. The van der Waals surface area contributed by atoms with Crippen LogP contribution in [-0.2, 0) is 26.5 Å². The number of hydrogen-bond donors (Lipinski definition) is 0. The summed E-state index contributed by atoms with van der Waals surface area (Å²) in [6.45, 7) is 16.1.